The van der Waals surface area contributed by atoms with Crippen molar-refractivity contribution in [3.05, 3.63) is 23.5 Å². The van der Waals surface area contributed by atoms with E-state index < -0.39 is 0 Å². The molecule has 104 valence electrons. The summed E-state index contributed by atoms with van der Waals surface area (Å²) in [6.07, 6.45) is 3.56. The summed E-state index contributed by atoms with van der Waals surface area (Å²) in [5.74, 6) is 0.754. The van der Waals surface area contributed by atoms with Crippen LogP contribution in [0.4, 0.5) is 10.1 Å². The van der Waals surface area contributed by atoms with Gasteiger partial charge in [0.05, 0.1) is 0 Å². The molecule has 0 saturated carbocycles. The van der Waals surface area contributed by atoms with Gasteiger partial charge < -0.3 is 15.3 Å². The molecule has 19 heavy (non-hydrogen) atoms. The Morgan fingerprint density at radius 3 is 3.05 bits per heavy atom. The summed E-state index contributed by atoms with van der Waals surface area (Å²) in [6, 6.07) is 2.78. The molecular formula is C15H21FN2O. The molecule has 0 aliphatic carbocycles. The van der Waals surface area contributed by atoms with E-state index in [2.05, 4.69) is 10.2 Å². The lowest BCUT2D eigenvalue weighted by atomic mass is 9.86. The van der Waals surface area contributed by atoms with Crippen molar-refractivity contribution >= 4 is 5.69 Å². The van der Waals surface area contributed by atoms with Crippen molar-refractivity contribution in [3.63, 3.8) is 0 Å². The summed E-state index contributed by atoms with van der Waals surface area (Å²) in [6.45, 7) is 3.06. The van der Waals surface area contributed by atoms with Gasteiger partial charge in [-0.15, -0.1) is 0 Å². The predicted octanol–water partition coefficient (Wildman–Crippen LogP) is 2.45. The van der Waals surface area contributed by atoms with Crippen molar-refractivity contribution in [1.29, 1.82) is 0 Å². The highest BCUT2D eigenvalue weighted by atomic mass is 19.1. The van der Waals surface area contributed by atoms with Crippen LogP contribution in [0.3, 0.4) is 0 Å². The highest BCUT2D eigenvalue weighted by molar-refractivity contribution is 5.64. The second kappa shape index (κ2) is 5.00. The maximum atomic E-state index is 13.4. The second-order valence-corrected chi connectivity index (χ2v) is 5.88. The number of anilines is 1. The van der Waals surface area contributed by atoms with Crippen LogP contribution in [0.5, 0.6) is 5.75 Å². The van der Waals surface area contributed by atoms with E-state index in [4.69, 9.17) is 0 Å². The van der Waals surface area contributed by atoms with Gasteiger partial charge in [0.25, 0.3) is 0 Å². The average Bonchev–Trinajstić information content (AvgIpc) is 2.67. The van der Waals surface area contributed by atoms with Crippen LogP contribution in [0.25, 0.3) is 0 Å². The standard InChI is InChI=1S/C15H21FN2O/c1-18-9-11(5-10-3-2-4-17-8-10)15-13(18)6-12(16)7-14(15)19/h6-7,10-11,17,19H,2-5,8-9H2,1H3/t10-,11?/m0/s1. The van der Waals surface area contributed by atoms with Crippen LogP contribution < -0.4 is 10.2 Å². The molecule has 2 aliphatic rings. The quantitative estimate of drug-likeness (QED) is 0.861. The zero-order valence-electron chi connectivity index (χ0n) is 11.3. The lowest BCUT2D eigenvalue weighted by Gasteiger charge is -2.25. The summed E-state index contributed by atoms with van der Waals surface area (Å²) >= 11 is 0. The predicted molar refractivity (Wildman–Crippen MR) is 74.3 cm³/mol. The number of nitrogens with one attached hydrogen (secondary N) is 1. The van der Waals surface area contributed by atoms with Gasteiger partial charge in [-0.2, -0.15) is 0 Å². The van der Waals surface area contributed by atoms with E-state index in [0.717, 1.165) is 37.3 Å². The Bertz CT molecular complexity index is 471. The summed E-state index contributed by atoms with van der Waals surface area (Å²) < 4.78 is 13.4. The van der Waals surface area contributed by atoms with Gasteiger partial charge in [0, 0.05) is 36.8 Å². The molecule has 0 radical (unpaired) electrons. The third-order valence-corrected chi connectivity index (χ3v) is 4.43. The number of hydrogen-bond acceptors (Lipinski definition) is 3. The first kappa shape index (κ1) is 12.7. The average molecular weight is 264 g/mol. The number of benzene rings is 1. The first-order chi connectivity index (χ1) is 9.15. The third-order valence-electron chi connectivity index (χ3n) is 4.43. The Balaban J connectivity index is 1.82. The van der Waals surface area contributed by atoms with Gasteiger partial charge in [-0.05, 0) is 44.3 Å². The molecule has 0 aromatic heterocycles. The van der Waals surface area contributed by atoms with E-state index in [9.17, 15) is 9.50 Å². The summed E-state index contributed by atoms with van der Waals surface area (Å²) in [4.78, 5) is 2.05. The molecule has 2 N–H and O–H groups in total. The molecule has 2 heterocycles. The number of likely N-dealkylation sites (N-methyl/N-ethyl adjacent to an activating group) is 1. The van der Waals surface area contributed by atoms with Crippen LogP contribution in [0.2, 0.25) is 0 Å². The van der Waals surface area contributed by atoms with Gasteiger partial charge in [-0.25, -0.2) is 4.39 Å². The van der Waals surface area contributed by atoms with Crippen molar-refractivity contribution < 1.29 is 9.50 Å². The summed E-state index contributed by atoms with van der Waals surface area (Å²) in [5.41, 5.74) is 1.79. The van der Waals surface area contributed by atoms with Crippen LogP contribution in [-0.2, 0) is 0 Å². The van der Waals surface area contributed by atoms with E-state index in [-0.39, 0.29) is 11.6 Å². The number of fused-ring (bicyclic) bond motifs is 1. The first-order valence-electron chi connectivity index (χ1n) is 7.09. The molecule has 1 unspecified atom stereocenters. The molecule has 4 heteroatoms. The number of hydrogen-bond donors (Lipinski definition) is 2. The maximum Gasteiger partial charge on any atom is 0.128 e. The molecule has 2 aliphatic heterocycles. The number of phenols is 1. The molecule has 2 atom stereocenters. The number of halogens is 1. The van der Waals surface area contributed by atoms with Crippen LogP contribution in [0.15, 0.2) is 12.1 Å². The lowest BCUT2D eigenvalue weighted by Crippen LogP contribution is -2.31. The number of rotatable bonds is 2. The molecule has 3 nitrogen and oxygen atoms in total. The van der Waals surface area contributed by atoms with Crippen LogP contribution in [0.1, 0.15) is 30.7 Å². The fourth-order valence-electron chi connectivity index (χ4n) is 3.56. The monoisotopic (exact) mass is 264 g/mol. The third kappa shape index (κ3) is 2.41. The normalized spacial score (nSPS) is 26.5. The van der Waals surface area contributed by atoms with Crippen LogP contribution in [0, 0.1) is 11.7 Å². The van der Waals surface area contributed by atoms with E-state index in [1.165, 1.54) is 25.0 Å². The van der Waals surface area contributed by atoms with Gasteiger partial charge in [-0.3, -0.25) is 0 Å². The topological polar surface area (TPSA) is 35.5 Å². The fourth-order valence-corrected chi connectivity index (χ4v) is 3.56. The van der Waals surface area contributed by atoms with Gasteiger partial charge in [0.1, 0.15) is 11.6 Å². The molecule has 3 rings (SSSR count). The zero-order valence-corrected chi connectivity index (χ0v) is 11.3. The first-order valence-corrected chi connectivity index (χ1v) is 7.09. The number of aromatic hydroxyl groups is 1. The van der Waals surface area contributed by atoms with E-state index in [0.29, 0.717) is 11.8 Å². The summed E-state index contributed by atoms with van der Waals surface area (Å²) in [5, 5.41) is 13.5. The van der Waals surface area contributed by atoms with E-state index in [1.54, 1.807) is 0 Å². The molecule has 1 aromatic carbocycles. The van der Waals surface area contributed by atoms with E-state index >= 15 is 0 Å². The highest BCUT2D eigenvalue weighted by Crippen LogP contribution is 2.44. The van der Waals surface area contributed by atoms with Crippen molar-refractivity contribution in [3.8, 4) is 5.75 Å². The Morgan fingerprint density at radius 2 is 2.32 bits per heavy atom. The molecule has 1 saturated heterocycles. The Morgan fingerprint density at radius 1 is 1.47 bits per heavy atom. The largest absolute Gasteiger partial charge is 0.507 e. The lowest BCUT2D eigenvalue weighted by molar-refractivity contribution is 0.336. The summed E-state index contributed by atoms with van der Waals surface area (Å²) in [7, 11) is 1.97. The van der Waals surface area contributed by atoms with Gasteiger partial charge >= 0.3 is 0 Å². The molecular weight excluding hydrogens is 243 g/mol. The van der Waals surface area contributed by atoms with Crippen molar-refractivity contribution in [2.24, 2.45) is 5.92 Å². The minimum atomic E-state index is -0.358. The van der Waals surface area contributed by atoms with Crippen molar-refractivity contribution in [2.75, 3.05) is 31.6 Å². The van der Waals surface area contributed by atoms with Gasteiger partial charge in [0.15, 0.2) is 0 Å². The minimum absolute atomic E-state index is 0.119. The van der Waals surface area contributed by atoms with Gasteiger partial charge in [-0.1, -0.05) is 0 Å². The van der Waals surface area contributed by atoms with E-state index in [1.807, 2.05) is 7.05 Å². The highest BCUT2D eigenvalue weighted by Gasteiger charge is 2.32. The van der Waals surface area contributed by atoms with Gasteiger partial charge in [0.2, 0.25) is 0 Å². The Labute approximate surface area is 113 Å². The zero-order chi connectivity index (χ0) is 13.4. The number of piperidine rings is 1. The smallest absolute Gasteiger partial charge is 0.128 e. The molecule has 0 amide bonds. The van der Waals surface area contributed by atoms with Crippen LogP contribution in [-0.4, -0.2) is 31.8 Å². The maximum absolute atomic E-state index is 13.4. The number of phenolic OH excluding ortho intramolecular Hbond substituents is 1. The number of nitrogens with zero attached hydrogens (tertiary/aromatic N) is 1. The van der Waals surface area contributed by atoms with Crippen molar-refractivity contribution in [2.45, 2.75) is 25.2 Å². The minimum Gasteiger partial charge on any atom is -0.507 e. The van der Waals surface area contributed by atoms with Crippen molar-refractivity contribution in [1.82, 2.24) is 5.32 Å². The SMILES string of the molecule is CN1CC(C[C@@H]2CCCNC2)c2c(O)cc(F)cc21. The molecule has 0 spiro atoms. The second-order valence-electron chi connectivity index (χ2n) is 5.88. The Hall–Kier alpha value is -1.29. The molecule has 0 bridgehead atoms. The van der Waals surface area contributed by atoms with Crippen LogP contribution >= 0.6 is 0 Å². The molecule has 1 aromatic rings. The Kier molecular flexibility index (Phi) is 3.35. The fraction of sp³-hybridized carbons (Fsp3) is 0.600. The molecule has 1 fully saturated rings.